The van der Waals surface area contributed by atoms with Crippen LogP contribution < -0.4 is 4.90 Å². The number of fused-ring (bicyclic) bond motifs is 9. The van der Waals surface area contributed by atoms with Gasteiger partial charge in [-0.2, -0.15) is 0 Å². The minimum absolute atomic E-state index is 0.0249. The Kier molecular flexibility index (Phi) is 8.29. The van der Waals surface area contributed by atoms with Crippen molar-refractivity contribution in [3.8, 4) is 22.3 Å². The third-order valence-corrected chi connectivity index (χ3v) is 14.0. The Morgan fingerprint density at radius 2 is 0.984 bits per heavy atom. The summed E-state index contributed by atoms with van der Waals surface area (Å²) in [6, 6.07) is 65.9. The monoisotopic (exact) mass is 803 g/mol. The van der Waals surface area contributed by atoms with Crippen molar-refractivity contribution >= 4 is 39.0 Å². The van der Waals surface area contributed by atoms with E-state index in [4.69, 9.17) is 4.42 Å². The largest absolute Gasteiger partial charge is 0.454 e. The van der Waals surface area contributed by atoms with Crippen LogP contribution >= 0.6 is 0 Å². The minimum atomic E-state index is -0.534. The van der Waals surface area contributed by atoms with Crippen molar-refractivity contribution < 1.29 is 4.42 Å². The molecule has 11 rings (SSSR count). The summed E-state index contributed by atoms with van der Waals surface area (Å²) in [7, 11) is 0. The SMILES string of the molecule is CC(C)(C)c1cc(C(C)(C)C)c2oc3c(N(c4cccc(C5(c6ccccc6)c6ccccc6-c6ccccc65)c4)c4ccc5c(c4)C(C)(C)c4ccccc4-5)cccc3c2c1. The fourth-order valence-corrected chi connectivity index (χ4v) is 10.9. The molecule has 0 atom stereocenters. The molecule has 2 aliphatic carbocycles. The molecule has 304 valence electrons. The molecule has 2 heteroatoms. The van der Waals surface area contributed by atoms with Crippen molar-refractivity contribution in [3.05, 3.63) is 220 Å². The van der Waals surface area contributed by atoms with E-state index in [1.807, 2.05) is 0 Å². The molecule has 9 aromatic rings. The predicted octanol–water partition coefficient (Wildman–Crippen LogP) is 16.3. The predicted molar refractivity (Wildman–Crippen MR) is 261 cm³/mol. The van der Waals surface area contributed by atoms with Crippen molar-refractivity contribution in [1.29, 1.82) is 0 Å². The summed E-state index contributed by atoms with van der Waals surface area (Å²) in [5.74, 6) is 0. The maximum absolute atomic E-state index is 7.29. The van der Waals surface area contributed by atoms with E-state index in [1.54, 1.807) is 0 Å². The summed E-state index contributed by atoms with van der Waals surface area (Å²) < 4.78 is 7.29. The molecule has 0 saturated carbocycles. The number of nitrogens with zero attached hydrogens (tertiary/aromatic N) is 1. The molecule has 0 amide bonds. The van der Waals surface area contributed by atoms with Crippen LogP contribution in [0.15, 0.2) is 180 Å². The Hall–Kier alpha value is -6.64. The number of para-hydroxylation sites is 1. The number of rotatable bonds is 5. The summed E-state index contributed by atoms with van der Waals surface area (Å²) in [6.07, 6.45) is 0. The number of benzene rings is 8. The summed E-state index contributed by atoms with van der Waals surface area (Å²) >= 11 is 0. The number of hydrogen-bond acceptors (Lipinski definition) is 2. The van der Waals surface area contributed by atoms with Crippen molar-refractivity contribution in [2.75, 3.05) is 4.90 Å². The number of hydrogen-bond donors (Lipinski definition) is 0. The second kappa shape index (κ2) is 13.4. The molecule has 62 heavy (non-hydrogen) atoms. The van der Waals surface area contributed by atoms with E-state index < -0.39 is 5.41 Å². The summed E-state index contributed by atoms with van der Waals surface area (Å²) in [6.45, 7) is 18.5. The summed E-state index contributed by atoms with van der Waals surface area (Å²) in [4.78, 5) is 2.46. The highest BCUT2D eigenvalue weighted by atomic mass is 16.3. The van der Waals surface area contributed by atoms with Gasteiger partial charge in [-0.05, 0) is 108 Å². The van der Waals surface area contributed by atoms with Gasteiger partial charge in [-0.3, -0.25) is 0 Å². The van der Waals surface area contributed by atoms with Crippen LogP contribution in [0, 0.1) is 0 Å². The lowest BCUT2D eigenvalue weighted by Crippen LogP contribution is -2.28. The van der Waals surface area contributed by atoms with Gasteiger partial charge in [-0.25, -0.2) is 0 Å². The van der Waals surface area contributed by atoms with Gasteiger partial charge >= 0.3 is 0 Å². The third kappa shape index (κ3) is 5.48. The van der Waals surface area contributed by atoms with Crippen molar-refractivity contribution in [3.63, 3.8) is 0 Å². The molecular weight excluding hydrogens is 751 g/mol. The second-order valence-electron chi connectivity index (χ2n) is 20.1. The topological polar surface area (TPSA) is 16.4 Å². The van der Waals surface area contributed by atoms with E-state index in [-0.39, 0.29) is 16.2 Å². The fraction of sp³-hybridized carbons (Fsp3) is 0.200. The molecule has 0 spiro atoms. The van der Waals surface area contributed by atoms with Crippen molar-refractivity contribution in [2.24, 2.45) is 0 Å². The highest BCUT2D eigenvalue weighted by Gasteiger charge is 2.46. The van der Waals surface area contributed by atoms with Gasteiger partial charge in [0.2, 0.25) is 0 Å². The molecule has 2 nitrogen and oxygen atoms in total. The molecular formula is C60H53NO. The average molecular weight is 804 g/mol. The maximum Gasteiger partial charge on any atom is 0.159 e. The highest BCUT2D eigenvalue weighted by Crippen LogP contribution is 2.57. The lowest BCUT2D eigenvalue weighted by molar-refractivity contribution is 0.559. The van der Waals surface area contributed by atoms with Crippen LogP contribution in [-0.2, 0) is 21.7 Å². The van der Waals surface area contributed by atoms with E-state index >= 15 is 0 Å². The molecule has 0 radical (unpaired) electrons. The number of furan rings is 1. The first-order valence-corrected chi connectivity index (χ1v) is 22.2. The van der Waals surface area contributed by atoms with Gasteiger partial charge in [-0.15, -0.1) is 0 Å². The molecule has 0 fully saturated rings. The molecule has 0 bridgehead atoms. The zero-order valence-corrected chi connectivity index (χ0v) is 37.1. The maximum atomic E-state index is 7.29. The Bertz CT molecular complexity index is 3190. The zero-order chi connectivity index (χ0) is 42.8. The van der Waals surface area contributed by atoms with E-state index in [2.05, 4.69) is 236 Å². The summed E-state index contributed by atoms with van der Waals surface area (Å²) in [5.41, 5.74) is 19.7. The quantitative estimate of drug-likeness (QED) is 0.172. The molecule has 8 aromatic carbocycles. The van der Waals surface area contributed by atoms with Gasteiger partial charge in [0.05, 0.1) is 11.1 Å². The van der Waals surface area contributed by atoms with Gasteiger partial charge in [-0.1, -0.05) is 195 Å². The lowest BCUT2D eigenvalue weighted by Gasteiger charge is -2.35. The Morgan fingerprint density at radius 3 is 1.65 bits per heavy atom. The van der Waals surface area contributed by atoms with Gasteiger partial charge in [0.1, 0.15) is 5.58 Å². The lowest BCUT2D eigenvalue weighted by atomic mass is 9.67. The molecule has 2 aliphatic rings. The fourth-order valence-electron chi connectivity index (χ4n) is 10.9. The molecule has 0 unspecified atom stereocenters. The smallest absolute Gasteiger partial charge is 0.159 e. The second-order valence-corrected chi connectivity index (χ2v) is 20.1. The molecule has 1 heterocycles. The van der Waals surface area contributed by atoms with Crippen LogP contribution in [0.4, 0.5) is 17.1 Å². The Balaban J connectivity index is 1.21. The summed E-state index contributed by atoms with van der Waals surface area (Å²) in [5, 5.41) is 2.30. The molecule has 0 aliphatic heterocycles. The van der Waals surface area contributed by atoms with Crippen LogP contribution in [0.1, 0.15) is 99.9 Å². The number of anilines is 3. The first kappa shape index (κ1) is 38.3. The van der Waals surface area contributed by atoms with Crippen molar-refractivity contribution in [2.45, 2.75) is 77.0 Å². The van der Waals surface area contributed by atoms with Gasteiger partial charge < -0.3 is 9.32 Å². The standard InChI is InChI=1S/C60H53NO/c1-57(2,3)40-35-48-47-27-19-31-54(56(47)62-55(48)53(36-40)58(4,5)6)61(42-32-33-46-43-24-12-15-28-49(43)59(7,8)52(46)37-42)41-23-18-22-39(34-41)60(38-20-10-9-11-21-38)50-29-16-13-25-44(50)45-26-14-17-30-51(45)60/h9-37H,1-8H3. The first-order valence-electron chi connectivity index (χ1n) is 22.2. The van der Waals surface area contributed by atoms with E-state index in [9.17, 15) is 0 Å². The van der Waals surface area contributed by atoms with E-state index in [0.29, 0.717) is 0 Å². The third-order valence-electron chi connectivity index (χ3n) is 14.0. The van der Waals surface area contributed by atoms with Crippen LogP contribution in [-0.4, -0.2) is 0 Å². The van der Waals surface area contributed by atoms with E-state index in [1.165, 1.54) is 72.1 Å². The highest BCUT2D eigenvalue weighted by molar-refractivity contribution is 6.11. The van der Waals surface area contributed by atoms with Gasteiger partial charge in [0.25, 0.3) is 0 Å². The van der Waals surface area contributed by atoms with E-state index in [0.717, 1.165) is 33.6 Å². The Labute approximate surface area is 366 Å². The first-order chi connectivity index (χ1) is 29.8. The van der Waals surface area contributed by atoms with Crippen LogP contribution in [0.2, 0.25) is 0 Å². The van der Waals surface area contributed by atoms with Gasteiger partial charge in [0, 0.05) is 33.1 Å². The average Bonchev–Trinajstić information content (AvgIpc) is 3.88. The van der Waals surface area contributed by atoms with Gasteiger partial charge in [0.15, 0.2) is 5.58 Å². The zero-order valence-electron chi connectivity index (χ0n) is 37.1. The molecule has 0 saturated heterocycles. The minimum Gasteiger partial charge on any atom is -0.454 e. The van der Waals surface area contributed by atoms with Crippen LogP contribution in [0.3, 0.4) is 0 Å². The molecule has 1 aromatic heterocycles. The normalized spacial score (nSPS) is 14.7. The Morgan fingerprint density at radius 1 is 0.419 bits per heavy atom. The van der Waals surface area contributed by atoms with Crippen LogP contribution in [0.25, 0.3) is 44.2 Å². The van der Waals surface area contributed by atoms with Crippen molar-refractivity contribution in [1.82, 2.24) is 0 Å². The van der Waals surface area contributed by atoms with Crippen LogP contribution in [0.5, 0.6) is 0 Å². The molecule has 0 N–H and O–H groups in total.